The third-order valence-electron chi connectivity index (χ3n) is 0.717. The van der Waals surface area contributed by atoms with E-state index in [1.165, 1.54) is 0 Å². The minimum Gasteiger partial charge on any atom is -0.145 e. The molecule has 0 saturated heterocycles. The fourth-order valence-corrected chi connectivity index (χ4v) is 1.03. The van der Waals surface area contributed by atoms with Crippen LogP contribution >= 0.6 is 11.3 Å². The first-order chi connectivity index (χ1) is 3.29. The molecule has 1 rings (SSSR count). The number of thiophene rings is 1. The molecule has 0 nitrogen and oxygen atoms in total. The van der Waals surface area contributed by atoms with Gasteiger partial charge in [-0.2, -0.15) is 0 Å². The van der Waals surface area contributed by atoms with Crippen LogP contribution < -0.4 is 0 Å². The highest BCUT2D eigenvalue weighted by molar-refractivity contribution is 7.12. The molecule has 0 bridgehead atoms. The van der Waals surface area contributed by atoms with Gasteiger partial charge >= 0.3 is 0 Å². The van der Waals surface area contributed by atoms with E-state index in [-0.39, 0.29) is 0 Å². The van der Waals surface area contributed by atoms with Gasteiger partial charge in [0.25, 0.3) is 0 Å². The van der Waals surface area contributed by atoms with Crippen molar-refractivity contribution in [3.63, 3.8) is 0 Å². The molecule has 7 heavy (non-hydrogen) atoms. The van der Waals surface area contributed by atoms with Crippen molar-refractivity contribution >= 4 is 11.3 Å². The second-order valence-electron chi connectivity index (χ2n) is 1.37. The summed E-state index contributed by atoms with van der Waals surface area (Å²) in [5.41, 5.74) is 0. The van der Waals surface area contributed by atoms with Crippen LogP contribution in [0.5, 0.6) is 0 Å². The number of rotatable bonds is 0. The lowest BCUT2D eigenvalue weighted by atomic mass is 10.5. The second kappa shape index (κ2) is 1.66. The van der Waals surface area contributed by atoms with Crippen molar-refractivity contribution in [1.82, 2.24) is 0 Å². The van der Waals surface area contributed by atoms with Gasteiger partial charge < -0.3 is 0 Å². The molecule has 0 aromatic carbocycles. The number of hydrogen-bond donors (Lipinski definition) is 0. The lowest BCUT2D eigenvalue weighted by molar-refractivity contribution is 1.84. The topological polar surface area (TPSA) is 0 Å². The van der Waals surface area contributed by atoms with Gasteiger partial charge in [-0.05, 0) is 26.0 Å². The predicted octanol–water partition coefficient (Wildman–Crippen LogP) is 2.11. The molecule has 0 amide bonds. The molecule has 0 aliphatic rings. The minimum atomic E-state index is 1.09. The van der Waals surface area contributed by atoms with Gasteiger partial charge in [0, 0.05) is 9.75 Å². The highest BCUT2D eigenvalue weighted by atomic mass is 32.1. The zero-order chi connectivity index (χ0) is 5.28. The molecule has 0 atom stereocenters. The van der Waals surface area contributed by atoms with E-state index in [9.17, 15) is 0 Å². The molecule has 1 aromatic heterocycles. The summed E-state index contributed by atoms with van der Waals surface area (Å²) in [5.74, 6) is 0. The molecule has 0 unspecified atom stereocenters. The highest BCUT2D eigenvalue weighted by Crippen LogP contribution is 2.11. The molecule has 1 heterocycles. The van der Waals surface area contributed by atoms with Crippen molar-refractivity contribution in [3.05, 3.63) is 35.7 Å². The second-order valence-corrected chi connectivity index (χ2v) is 2.62. The maximum Gasteiger partial charge on any atom is 0.00517 e. The molecule has 0 aliphatic carbocycles. The number of hydrogen-bond acceptors (Lipinski definition) is 1. The van der Waals surface area contributed by atoms with Gasteiger partial charge in [0.05, 0.1) is 0 Å². The van der Waals surface area contributed by atoms with Gasteiger partial charge in [-0.3, -0.25) is 0 Å². The third-order valence-corrected chi connectivity index (χ3v) is 1.51. The minimum absolute atomic E-state index is 1.09. The highest BCUT2D eigenvalue weighted by Gasteiger charge is 1.84. The monoisotopic (exact) mass is 110 g/mol. The van der Waals surface area contributed by atoms with Crippen LogP contribution in [0.3, 0.4) is 0 Å². The lowest BCUT2D eigenvalue weighted by Gasteiger charge is -1.71. The average Bonchev–Trinajstić information content (AvgIpc) is 1.87. The third kappa shape index (κ3) is 1.03. The molecule has 0 aliphatic heterocycles. The van der Waals surface area contributed by atoms with Crippen LogP contribution in [0.2, 0.25) is 0 Å². The summed E-state index contributed by atoms with van der Waals surface area (Å²) >= 11 is 1.62. The van der Waals surface area contributed by atoms with E-state index in [0.29, 0.717) is 0 Å². The van der Waals surface area contributed by atoms with E-state index in [1.54, 1.807) is 11.3 Å². The first-order valence-corrected chi connectivity index (χ1v) is 2.84. The standard InChI is InChI=1S/C6H6S/c1-5-3-4-6(2)7-5/h3-4H,1-2H2. The quantitative estimate of drug-likeness (QED) is 0.480. The van der Waals surface area contributed by atoms with E-state index in [2.05, 4.69) is 13.8 Å². The Morgan fingerprint density at radius 3 is 1.71 bits per heavy atom. The average molecular weight is 110 g/mol. The summed E-state index contributed by atoms with van der Waals surface area (Å²) in [6.45, 7) is 7.44. The zero-order valence-corrected chi connectivity index (χ0v) is 4.79. The van der Waals surface area contributed by atoms with Crippen LogP contribution in [0.15, 0.2) is 12.1 Å². The van der Waals surface area contributed by atoms with E-state index >= 15 is 0 Å². The van der Waals surface area contributed by atoms with E-state index in [0.717, 1.165) is 9.75 Å². The van der Waals surface area contributed by atoms with Crippen molar-refractivity contribution in [3.8, 4) is 0 Å². The van der Waals surface area contributed by atoms with E-state index in [1.807, 2.05) is 12.1 Å². The van der Waals surface area contributed by atoms with Crippen molar-refractivity contribution in [2.45, 2.75) is 0 Å². The Kier molecular flexibility index (Phi) is 1.15. The van der Waals surface area contributed by atoms with Gasteiger partial charge in [0.2, 0.25) is 0 Å². The summed E-state index contributed by atoms with van der Waals surface area (Å²) in [5, 5.41) is 0. The Labute approximate surface area is 47.8 Å². The largest absolute Gasteiger partial charge is 0.145 e. The Bertz CT molecular complexity index is 136. The zero-order valence-electron chi connectivity index (χ0n) is 3.98. The van der Waals surface area contributed by atoms with E-state index in [4.69, 9.17) is 0 Å². The molecular formula is C6H6S. The molecule has 1 aromatic rings. The maximum absolute atomic E-state index is 3.72. The lowest BCUT2D eigenvalue weighted by Crippen LogP contribution is -1.44. The molecule has 1 heteroatoms. The molecule has 0 saturated carbocycles. The fraction of sp³-hybridized carbons (Fsp3) is 0. The Balaban J connectivity index is 3.04. The first kappa shape index (κ1) is 4.85. The van der Waals surface area contributed by atoms with Crippen molar-refractivity contribution in [1.29, 1.82) is 0 Å². The van der Waals surface area contributed by atoms with Crippen LogP contribution in [0.1, 0.15) is 9.75 Å². The Hall–Kier alpha value is -0.300. The van der Waals surface area contributed by atoms with E-state index < -0.39 is 0 Å². The van der Waals surface area contributed by atoms with Crippen molar-refractivity contribution in [2.75, 3.05) is 0 Å². The maximum atomic E-state index is 3.72. The van der Waals surface area contributed by atoms with Crippen molar-refractivity contribution in [2.24, 2.45) is 0 Å². The Morgan fingerprint density at radius 2 is 1.57 bits per heavy atom. The summed E-state index contributed by atoms with van der Waals surface area (Å²) in [4.78, 5) is 2.18. The molecular weight excluding hydrogens is 104 g/mol. The van der Waals surface area contributed by atoms with Gasteiger partial charge in [-0.25, -0.2) is 0 Å². The predicted molar refractivity (Wildman–Crippen MR) is 33.2 cm³/mol. The summed E-state index contributed by atoms with van der Waals surface area (Å²) in [7, 11) is 0. The SMILES string of the molecule is [CH2]c1ccc([CH2])s1. The van der Waals surface area contributed by atoms with Crippen LogP contribution in [0.4, 0.5) is 0 Å². The smallest absolute Gasteiger partial charge is 0.00517 e. The van der Waals surface area contributed by atoms with Crippen LogP contribution in [0, 0.1) is 13.8 Å². The molecule has 2 radical (unpaired) electrons. The van der Waals surface area contributed by atoms with Crippen molar-refractivity contribution < 1.29 is 0 Å². The van der Waals surface area contributed by atoms with Gasteiger partial charge in [-0.1, -0.05) is 0 Å². The van der Waals surface area contributed by atoms with Gasteiger partial charge in [-0.15, -0.1) is 11.3 Å². The summed E-state index contributed by atoms with van der Waals surface area (Å²) < 4.78 is 0. The summed E-state index contributed by atoms with van der Waals surface area (Å²) in [6.07, 6.45) is 0. The van der Waals surface area contributed by atoms with Crippen LogP contribution in [0.25, 0.3) is 0 Å². The molecule has 0 N–H and O–H groups in total. The molecule has 0 fully saturated rings. The van der Waals surface area contributed by atoms with Gasteiger partial charge in [0.1, 0.15) is 0 Å². The van der Waals surface area contributed by atoms with Gasteiger partial charge in [0.15, 0.2) is 0 Å². The Morgan fingerprint density at radius 1 is 1.14 bits per heavy atom. The summed E-state index contributed by atoms with van der Waals surface area (Å²) in [6, 6.07) is 3.93. The molecule has 36 valence electrons. The first-order valence-electron chi connectivity index (χ1n) is 2.03. The fourth-order valence-electron chi connectivity index (χ4n) is 0.422. The normalized spacial score (nSPS) is 9.43. The molecule has 0 spiro atoms. The van der Waals surface area contributed by atoms with Crippen LogP contribution in [-0.4, -0.2) is 0 Å². The van der Waals surface area contributed by atoms with Crippen LogP contribution in [-0.2, 0) is 0 Å².